The first kappa shape index (κ1) is 115. The van der Waals surface area contributed by atoms with Crippen molar-refractivity contribution in [3.8, 4) is 59.2 Å². The smallest absolute Gasteiger partial charge is 0.449 e. The van der Waals surface area contributed by atoms with E-state index < -0.39 is 53.2 Å². The number of hydrogen-bond donors (Lipinski definition) is 8. The lowest BCUT2D eigenvalue weighted by atomic mass is 9.92. The SMILES string of the molecule is NCCOCCOCC(COCCOCCN)(COCCOCCN)COCCOCCN.O=C(NCCOCCOCC(COCCOCCNC(=O)OCC1C2CCC#CCC[C@H]21)(COCCOCCNC(=O)OCC1C2CCC#CCC[C@H]21)COCCOCCNC(=O)OCC1[C@H]2CCC#CCC[C@@H]12)OCC1C2CCC#CCC[C@H]21.O=C(OCC1[C@H]2CCC#CCC[C@@H]12)ON1C(=O)CCC1=O. The maximum absolute atomic E-state index is 12.5. The molecule has 38 nitrogen and oxygen atoms in total. The summed E-state index contributed by atoms with van der Waals surface area (Å²) in [6, 6.07) is 0. The van der Waals surface area contributed by atoms with Crippen LogP contribution in [-0.4, -0.2) is 344 Å². The minimum atomic E-state index is -0.978. The van der Waals surface area contributed by atoms with Gasteiger partial charge in [-0.05, 0) is 153 Å². The second-order valence-electron chi connectivity index (χ2n) is 36.9. The number of nitrogens with one attached hydrogen (secondary N) is 4. The van der Waals surface area contributed by atoms with Crippen molar-refractivity contribution < 1.29 is 138 Å². The molecular weight excluding hydrogens is 1800 g/mol. The van der Waals surface area contributed by atoms with E-state index in [1.807, 2.05) is 0 Å². The van der Waals surface area contributed by atoms with E-state index in [9.17, 15) is 33.6 Å². The second kappa shape index (κ2) is 70.2. The highest BCUT2D eigenvalue weighted by Gasteiger charge is 2.53. The van der Waals surface area contributed by atoms with Gasteiger partial charge in [0.15, 0.2) is 0 Å². The van der Waals surface area contributed by atoms with Crippen LogP contribution in [0.3, 0.4) is 0 Å². The molecule has 0 radical (unpaired) electrons. The molecule has 6 fully saturated rings. The summed E-state index contributed by atoms with van der Waals surface area (Å²) in [5.74, 6) is 39.0. The quantitative estimate of drug-likeness (QED) is 0.0108. The van der Waals surface area contributed by atoms with Crippen LogP contribution in [0.25, 0.3) is 0 Å². The Morgan fingerprint density at radius 1 is 0.252 bits per heavy atom. The number of amides is 6. The van der Waals surface area contributed by atoms with E-state index in [1.54, 1.807) is 0 Å². The number of carbonyl (C=O) groups is 7. The van der Waals surface area contributed by atoms with Crippen molar-refractivity contribution >= 4 is 42.3 Å². The molecule has 8 unspecified atom stereocenters. The molecule has 1 saturated heterocycles. The van der Waals surface area contributed by atoms with Crippen LogP contribution in [-0.2, 0) is 114 Å². The van der Waals surface area contributed by atoms with Crippen molar-refractivity contribution in [2.24, 2.45) is 123 Å². The molecule has 0 aromatic heterocycles. The molecule has 6 amide bonds. The molecule has 15 atom stereocenters. The standard InChI is InChI=1S/C65H96N4O16.C21H48N4O8.C15H17NO5/c70-61(82-41-57-49-17-9-1-2-10-18-50(49)57)66-25-29-74-33-37-78-45-65(46-79-38-34-75-30-26-67-62(71)83-42-58-51-19-11-3-4-12-20-52(51)58,47-80-39-35-76-31-27-68-63(72)84-43-59-53-21-13-5-6-14-22-54(53)59)48-81-40-36-77-32-28-69-64(73)85-44-60-55-23-15-7-8-16-24-56(55)60;22-1-5-26-9-13-30-17-21(18-31-14-10-27-6-2-23,19-32-15-11-28-7-3-24)20-33-16-12-29-8-4-25;17-13-7-8-14(18)16(13)21-15(19)20-9-12-10-5-3-1-2-4-6-11(10)12/h49-60H,9-48H2,(H,66,70)(H,67,71)(H,68,72)(H,69,73);1-20,22-25H2;10-12H,3-9H2/t49-,50+,51-,52?,53-,54?,55-,56?,57?,58?,59?,60?,65?;;10-,11+,12?/m1../s1. The average molecular weight is 1970 g/mol. The largest absolute Gasteiger partial charge is 0.533 e. The zero-order chi connectivity index (χ0) is 98.1. The first-order valence-corrected chi connectivity index (χ1v) is 51.0. The average Bonchev–Trinajstić information content (AvgIpc) is 1.65. The highest BCUT2D eigenvalue weighted by molar-refractivity contribution is 6.01. The van der Waals surface area contributed by atoms with E-state index >= 15 is 0 Å². The summed E-state index contributed by atoms with van der Waals surface area (Å²) in [5, 5.41) is 11.7. The van der Waals surface area contributed by atoms with E-state index in [-0.39, 0.29) is 125 Å². The van der Waals surface area contributed by atoms with Gasteiger partial charge in [0.2, 0.25) is 0 Å². The van der Waals surface area contributed by atoms with Gasteiger partial charge in [0.05, 0.1) is 255 Å². The van der Waals surface area contributed by atoms with Crippen LogP contribution in [0.5, 0.6) is 0 Å². The van der Waals surface area contributed by atoms with E-state index in [4.69, 9.17) is 122 Å². The normalized spacial score (nSPS) is 24.5. The fourth-order valence-corrected chi connectivity index (χ4v) is 19.0. The maximum atomic E-state index is 12.5. The third kappa shape index (κ3) is 47.3. The van der Waals surface area contributed by atoms with Gasteiger partial charge in [-0.2, -0.15) is 0 Å². The predicted molar refractivity (Wildman–Crippen MR) is 509 cm³/mol. The molecule has 1 aliphatic heterocycles. The number of imide groups is 1. The summed E-state index contributed by atoms with van der Waals surface area (Å²) in [4.78, 5) is 88.7. The van der Waals surface area contributed by atoms with Crippen molar-refractivity contribution in [2.45, 2.75) is 141 Å². The lowest BCUT2D eigenvalue weighted by Gasteiger charge is -2.33. The summed E-state index contributed by atoms with van der Waals surface area (Å²) >= 11 is 0. The van der Waals surface area contributed by atoms with Crippen LogP contribution >= 0.6 is 0 Å². The van der Waals surface area contributed by atoms with Gasteiger partial charge in [0, 0.05) is 129 Å². The van der Waals surface area contributed by atoms with E-state index in [0.717, 1.165) is 128 Å². The molecule has 11 rings (SSSR count). The van der Waals surface area contributed by atoms with Gasteiger partial charge in [-0.3, -0.25) is 14.4 Å². The first-order valence-electron chi connectivity index (χ1n) is 51.0. The summed E-state index contributed by atoms with van der Waals surface area (Å²) in [6.45, 7) is 16.1. The number of nitrogens with zero attached hydrogens (tertiary/aromatic N) is 1. The Morgan fingerprint density at radius 3 is 0.612 bits per heavy atom. The number of hydroxylamine groups is 2. The predicted octanol–water partition coefficient (Wildman–Crippen LogP) is 6.35. The lowest BCUT2D eigenvalue weighted by molar-refractivity contribution is -0.177. The molecule has 0 bridgehead atoms. The molecule has 0 spiro atoms. The Kier molecular flexibility index (Phi) is 58.2. The highest BCUT2D eigenvalue weighted by Crippen LogP contribution is 2.56. The van der Waals surface area contributed by atoms with Gasteiger partial charge in [0.25, 0.3) is 11.8 Å². The van der Waals surface area contributed by atoms with Crippen molar-refractivity contribution in [3.05, 3.63) is 0 Å². The van der Waals surface area contributed by atoms with Crippen LogP contribution in [0.1, 0.15) is 141 Å². The van der Waals surface area contributed by atoms with Gasteiger partial charge in [-0.1, -0.05) is 5.06 Å². The number of nitrogens with two attached hydrogens (primary N) is 4. The van der Waals surface area contributed by atoms with E-state index in [2.05, 4.69) is 85.3 Å². The van der Waals surface area contributed by atoms with E-state index in [1.165, 1.54) is 0 Å². The third-order valence-electron chi connectivity index (χ3n) is 26.7. The Hall–Kier alpha value is -7.51. The van der Waals surface area contributed by atoms with Crippen molar-refractivity contribution in [2.75, 3.05) is 297 Å². The van der Waals surface area contributed by atoms with Gasteiger partial charge in [-0.15, -0.1) is 59.2 Å². The molecule has 0 aromatic rings. The summed E-state index contributed by atoms with van der Waals surface area (Å²) in [7, 11) is 0. The lowest BCUT2D eigenvalue weighted by Crippen LogP contribution is -2.43. The third-order valence-corrected chi connectivity index (χ3v) is 26.7. The summed E-state index contributed by atoms with van der Waals surface area (Å²) in [6.07, 6.45) is 17.2. The summed E-state index contributed by atoms with van der Waals surface area (Å²) < 4.78 is 121. The van der Waals surface area contributed by atoms with E-state index in [0.29, 0.717) is 278 Å². The molecule has 0 aromatic carbocycles. The van der Waals surface area contributed by atoms with Crippen LogP contribution < -0.4 is 44.2 Å². The molecule has 139 heavy (non-hydrogen) atoms. The zero-order valence-electron chi connectivity index (χ0n) is 82.1. The van der Waals surface area contributed by atoms with Gasteiger partial charge in [0.1, 0.15) is 0 Å². The Labute approximate surface area is 822 Å². The summed E-state index contributed by atoms with van der Waals surface area (Å²) in [5.41, 5.74) is 20.4. The number of hydrogen-bond acceptors (Lipinski definition) is 33. The second-order valence-corrected chi connectivity index (χ2v) is 36.9. The minimum Gasteiger partial charge on any atom is -0.449 e. The van der Waals surface area contributed by atoms with Crippen LogP contribution in [0.15, 0.2) is 0 Å². The number of carbonyl (C=O) groups excluding carboxylic acids is 7. The molecule has 11 aliphatic rings. The topological polar surface area (TPSA) is 478 Å². The number of alkyl carbamates (subject to hydrolysis) is 4. The Morgan fingerprint density at radius 2 is 0.424 bits per heavy atom. The fraction of sp³-hybridized carbons (Fsp3) is 0.832. The number of fused-ring (bicyclic) bond motifs is 5. The number of rotatable bonds is 71. The molecule has 12 N–H and O–H groups in total. The number of ether oxygens (including phenoxy) is 21. The molecule has 1 heterocycles. The van der Waals surface area contributed by atoms with Gasteiger partial charge in [-0.25, -0.2) is 24.0 Å². The fourth-order valence-electron chi connectivity index (χ4n) is 19.0. The Balaban J connectivity index is 0.000000323. The van der Waals surface area contributed by atoms with Crippen molar-refractivity contribution in [1.29, 1.82) is 0 Å². The van der Waals surface area contributed by atoms with Crippen LogP contribution in [0.4, 0.5) is 24.0 Å². The van der Waals surface area contributed by atoms with Crippen molar-refractivity contribution in [1.82, 2.24) is 26.3 Å². The van der Waals surface area contributed by atoms with Crippen molar-refractivity contribution in [3.63, 3.8) is 0 Å². The maximum Gasteiger partial charge on any atom is 0.533 e. The van der Waals surface area contributed by atoms with Crippen LogP contribution in [0, 0.1) is 159 Å². The van der Waals surface area contributed by atoms with Crippen LogP contribution in [0.2, 0.25) is 0 Å². The minimum absolute atomic E-state index is 0.0822. The van der Waals surface area contributed by atoms with Gasteiger partial charge < -0.3 is 144 Å². The highest BCUT2D eigenvalue weighted by atomic mass is 16.8. The molecular formula is C101H161N9O29. The molecule has 10 aliphatic carbocycles. The molecule has 784 valence electrons. The molecule has 38 heteroatoms. The van der Waals surface area contributed by atoms with Gasteiger partial charge >= 0.3 is 30.5 Å². The zero-order valence-corrected chi connectivity index (χ0v) is 82.1. The monoisotopic (exact) mass is 1960 g/mol. The molecule has 5 saturated carbocycles. The first-order chi connectivity index (χ1) is 68.3. The Bertz CT molecular complexity index is 3350.